The summed E-state index contributed by atoms with van der Waals surface area (Å²) < 4.78 is 0. The lowest BCUT2D eigenvalue weighted by Gasteiger charge is -2.16. The Balaban J connectivity index is 3.63. The third-order valence-electron chi connectivity index (χ3n) is 2.89. The highest BCUT2D eigenvalue weighted by Gasteiger charge is 2.12. The Morgan fingerprint density at radius 2 is 1.71 bits per heavy atom. The topological polar surface area (TPSA) is 49.9 Å². The second-order valence-electron chi connectivity index (χ2n) is 4.78. The smallest absolute Gasteiger partial charge is 0.0143 e. The van der Waals surface area contributed by atoms with E-state index < -0.39 is 0 Å². The lowest BCUT2D eigenvalue weighted by molar-refractivity contribution is 0.483. The highest BCUT2D eigenvalue weighted by atomic mass is 14.5. The van der Waals surface area contributed by atoms with Crippen molar-refractivity contribution >= 4 is 5.71 Å². The van der Waals surface area contributed by atoms with Crippen molar-refractivity contribution in [1.82, 2.24) is 0 Å². The van der Waals surface area contributed by atoms with Crippen molar-refractivity contribution in [1.29, 1.82) is 5.41 Å². The molecule has 0 aromatic rings. The Morgan fingerprint density at radius 1 is 1.14 bits per heavy atom. The Hall–Kier alpha value is -0.370. The Labute approximate surface area is 88.8 Å². The van der Waals surface area contributed by atoms with E-state index in [1.54, 1.807) is 0 Å². The van der Waals surface area contributed by atoms with Gasteiger partial charge in [-0.2, -0.15) is 0 Å². The van der Waals surface area contributed by atoms with Gasteiger partial charge in [-0.1, -0.05) is 34.1 Å². The first-order valence-electron chi connectivity index (χ1n) is 5.77. The van der Waals surface area contributed by atoms with Crippen LogP contribution in [-0.4, -0.2) is 12.3 Å². The molecule has 0 saturated carbocycles. The number of hydrogen-bond acceptors (Lipinski definition) is 2. The van der Waals surface area contributed by atoms with E-state index in [0.29, 0.717) is 17.8 Å². The monoisotopic (exact) mass is 198 g/mol. The normalized spacial score (nSPS) is 15.6. The zero-order valence-corrected chi connectivity index (χ0v) is 10.1. The second kappa shape index (κ2) is 6.99. The van der Waals surface area contributed by atoms with Crippen LogP contribution in [0.4, 0.5) is 0 Å². The van der Waals surface area contributed by atoms with Gasteiger partial charge in [-0.3, -0.25) is 0 Å². The summed E-state index contributed by atoms with van der Waals surface area (Å²) in [7, 11) is 0. The van der Waals surface area contributed by atoms with Crippen LogP contribution in [0.1, 0.15) is 47.0 Å². The predicted molar refractivity (Wildman–Crippen MR) is 63.8 cm³/mol. The molecule has 0 amide bonds. The van der Waals surface area contributed by atoms with Gasteiger partial charge >= 0.3 is 0 Å². The maximum Gasteiger partial charge on any atom is 0.0143 e. The van der Waals surface area contributed by atoms with Gasteiger partial charge in [0, 0.05) is 5.71 Å². The number of hydrogen-bond donors (Lipinski definition) is 2. The highest BCUT2D eigenvalue weighted by molar-refractivity contribution is 5.85. The third kappa shape index (κ3) is 5.38. The molecule has 0 bridgehead atoms. The first-order chi connectivity index (χ1) is 6.49. The lowest BCUT2D eigenvalue weighted by Crippen LogP contribution is -2.17. The van der Waals surface area contributed by atoms with Gasteiger partial charge in [-0.15, -0.1) is 0 Å². The van der Waals surface area contributed by atoms with Gasteiger partial charge in [-0.05, 0) is 37.1 Å². The van der Waals surface area contributed by atoms with Crippen LogP contribution in [0.2, 0.25) is 0 Å². The lowest BCUT2D eigenvalue weighted by atomic mass is 9.90. The van der Waals surface area contributed by atoms with Gasteiger partial charge in [0.2, 0.25) is 0 Å². The summed E-state index contributed by atoms with van der Waals surface area (Å²) in [6.45, 7) is 9.34. The summed E-state index contributed by atoms with van der Waals surface area (Å²) in [5, 5.41) is 7.86. The molecule has 84 valence electrons. The highest BCUT2D eigenvalue weighted by Crippen LogP contribution is 2.16. The average molecular weight is 198 g/mol. The van der Waals surface area contributed by atoms with Gasteiger partial charge in [0.05, 0.1) is 0 Å². The Morgan fingerprint density at radius 3 is 2.14 bits per heavy atom. The quantitative estimate of drug-likeness (QED) is 0.607. The van der Waals surface area contributed by atoms with Crippen molar-refractivity contribution in [2.45, 2.75) is 47.0 Å². The van der Waals surface area contributed by atoms with Crippen molar-refractivity contribution in [3.63, 3.8) is 0 Å². The molecular formula is C12H26N2. The number of nitrogens with one attached hydrogen (secondary N) is 1. The molecule has 0 aromatic carbocycles. The molecule has 0 heterocycles. The Kier molecular flexibility index (Phi) is 6.81. The first kappa shape index (κ1) is 13.6. The van der Waals surface area contributed by atoms with E-state index in [0.717, 1.165) is 18.7 Å². The van der Waals surface area contributed by atoms with E-state index in [2.05, 4.69) is 27.7 Å². The fourth-order valence-electron chi connectivity index (χ4n) is 1.61. The molecule has 14 heavy (non-hydrogen) atoms. The van der Waals surface area contributed by atoms with Gasteiger partial charge in [-0.25, -0.2) is 0 Å². The molecule has 0 rings (SSSR count). The molecule has 0 aromatic heterocycles. The van der Waals surface area contributed by atoms with Crippen LogP contribution < -0.4 is 5.73 Å². The van der Waals surface area contributed by atoms with Crippen molar-refractivity contribution in [3.05, 3.63) is 0 Å². The molecule has 2 atom stereocenters. The van der Waals surface area contributed by atoms with Gasteiger partial charge in [0.1, 0.15) is 0 Å². The second-order valence-corrected chi connectivity index (χ2v) is 4.78. The molecule has 0 aliphatic rings. The van der Waals surface area contributed by atoms with Crippen LogP contribution in [0.15, 0.2) is 0 Å². The fraction of sp³-hybridized carbons (Fsp3) is 0.917. The van der Waals surface area contributed by atoms with E-state index in [4.69, 9.17) is 11.1 Å². The maximum atomic E-state index is 7.86. The summed E-state index contributed by atoms with van der Waals surface area (Å²) in [6, 6.07) is 0. The molecule has 0 aliphatic carbocycles. The average Bonchev–Trinajstić information content (AvgIpc) is 2.15. The van der Waals surface area contributed by atoms with Crippen LogP contribution in [-0.2, 0) is 0 Å². The fourth-order valence-corrected chi connectivity index (χ4v) is 1.61. The maximum absolute atomic E-state index is 7.86. The number of nitrogens with two attached hydrogens (primary N) is 1. The minimum absolute atomic E-state index is 0.400. The van der Waals surface area contributed by atoms with Gasteiger partial charge < -0.3 is 11.1 Å². The molecule has 2 heteroatoms. The van der Waals surface area contributed by atoms with Crippen molar-refractivity contribution in [2.24, 2.45) is 23.5 Å². The van der Waals surface area contributed by atoms with Crippen LogP contribution in [0, 0.1) is 23.2 Å². The third-order valence-corrected chi connectivity index (χ3v) is 2.89. The SMILES string of the molecule is CC(CN)CCCC(C)C(=N)C(C)C. The van der Waals surface area contributed by atoms with Crippen LogP contribution >= 0.6 is 0 Å². The van der Waals surface area contributed by atoms with E-state index in [9.17, 15) is 0 Å². The van der Waals surface area contributed by atoms with Gasteiger partial charge in [0.15, 0.2) is 0 Å². The molecule has 0 saturated heterocycles. The largest absolute Gasteiger partial charge is 0.330 e. The summed E-state index contributed by atoms with van der Waals surface area (Å²) in [6.07, 6.45) is 3.54. The molecule has 0 fully saturated rings. The molecule has 2 unspecified atom stereocenters. The van der Waals surface area contributed by atoms with E-state index in [1.165, 1.54) is 12.8 Å². The van der Waals surface area contributed by atoms with Crippen LogP contribution in [0.25, 0.3) is 0 Å². The Bertz CT molecular complexity index is 164. The standard InChI is InChI=1S/C12H26N2/c1-9(2)12(14)11(4)7-5-6-10(3)8-13/h9-11,14H,5-8,13H2,1-4H3. The first-order valence-corrected chi connectivity index (χ1v) is 5.77. The van der Waals surface area contributed by atoms with Crippen molar-refractivity contribution < 1.29 is 0 Å². The molecular weight excluding hydrogens is 172 g/mol. The molecule has 0 spiro atoms. The summed E-state index contributed by atoms with van der Waals surface area (Å²) in [5.74, 6) is 1.48. The minimum atomic E-state index is 0.400. The summed E-state index contributed by atoms with van der Waals surface area (Å²) >= 11 is 0. The summed E-state index contributed by atoms with van der Waals surface area (Å²) in [5.41, 5.74) is 6.45. The molecule has 2 nitrogen and oxygen atoms in total. The van der Waals surface area contributed by atoms with Crippen molar-refractivity contribution in [3.8, 4) is 0 Å². The van der Waals surface area contributed by atoms with E-state index in [-0.39, 0.29) is 0 Å². The minimum Gasteiger partial charge on any atom is -0.330 e. The molecule has 0 aliphatic heterocycles. The van der Waals surface area contributed by atoms with E-state index in [1.807, 2.05) is 0 Å². The zero-order valence-electron chi connectivity index (χ0n) is 10.1. The van der Waals surface area contributed by atoms with Crippen molar-refractivity contribution in [2.75, 3.05) is 6.54 Å². The van der Waals surface area contributed by atoms with Crippen LogP contribution in [0.5, 0.6) is 0 Å². The van der Waals surface area contributed by atoms with Gasteiger partial charge in [0.25, 0.3) is 0 Å². The number of rotatable bonds is 7. The predicted octanol–water partition coefficient (Wildman–Crippen LogP) is 3.06. The zero-order chi connectivity index (χ0) is 11.1. The van der Waals surface area contributed by atoms with Crippen LogP contribution in [0.3, 0.4) is 0 Å². The molecule has 3 N–H and O–H groups in total. The molecule has 0 radical (unpaired) electrons. The van der Waals surface area contributed by atoms with E-state index >= 15 is 0 Å². The summed E-state index contributed by atoms with van der Waals surface area (Å²) in [4.78, 5) is 0.